The molecule has 1 saturated heterocycles. The molecule has 6 nitrogen and oxygen atoms in total. The molecule has 0 bridgehead atoms. The van der Waals surface area contributed by atoms with Crippen LogP contribution in [0.2, 0.25) is 0 Å². The molecule has 1 aromatic rings. The molecule has 2 heterocycles. The number of carbonyl (C=O) groups is 2. The zero-order valence-corrected chi connectivity index (χ0v) is 19.3. The van der Waals surface area contributed by atoms with Gasteiger partial charge in [-0.2, -0.15) is 5.10 Å². The first-order valence-corrected chi connectivity index (χ1v) is 12.5. The summed E-state index contributed by atoms with van der Waals surface area (Å²) in [6.07, 6.45) is 11.3. The number of fused-ring (bicyclic) bond motifs is 1. The second kappa shape index (κ2) is 8.97. The van der Waals surface area contributed by atoms with Gasteiger partial charge in [-0.3, -0.25) is 9.59 Å². The summed E-state index contributed by atoms with van der Waals surface area (Å²) in [4.78, 5) is 28.3. The highest BCUT2D eigenvalue weighted by atomic mass is 16.2. The molecule has 172 valence electrons. The maximum Gasteiger partial charge on any atom is 0.255 e. The van der Waals surface area contributed by atoms with Gasteiger partial charge in [-0.15, -0.1) is 0 Å². The minimum absolute atomic E-state index is 0.00408. The molecule has 2 aliphatic carbocycles. The third kappa shape index (κ3) is 3.87. The van der Waals surface area contributed by atoms with Gasteiger partial charge >= 0.3 is 0 Å². The van der Waals surface area contributed by atoms with Crippen molar-refractivity contribution in [2.75, 3.05) is 26.7 Å². The van der Waals surface area contributed by atoms with Gasteiger partial charge in [0, 0.05) is 13.1 Å². The quantitative estimate of drug-likeness (QED) is 0.787. The molecule has 2 saturated carbocycles. The summed E-state index contributed by atoms with van der Waals surface area (Å²) in [6, 6.07) is 10.7. The van der Waals surface area contributed by atoms with Gasteiger partial charge in [0.15, 0.2) is 0 Å². The zero-order valence-electron chi connectivity index (χ0n) is 19.3. The fraction of sp³-hybridized carbons (Fsp3) is 0.654. The fourth-order valence-electron chi connectivity index (χ4n) is 6.76. The highest BCUT2D eigenvalue weighted by Crippen LogP contribution is 2.45. The molecule has 2 aliphatic heterocycles. The van der Waals surface area contributed by atoms with Crippen LogP contribution in [-0.2, 0) is 9.59 Å². The van der Waals surface area contributed by atoms with E-state index in [1.165, 1.54) is 50.0 Å². The van der Waals surface area contributed by atoms with Gasteiger partial charge in [0.05, 0.1) is 11.1 Å². The van der Waals surface area contributed by atoms with Crippen LogP contribution >= 0.6 is 0 Å². The van der Waals surface area contributed by atoms with Crippen molar-refractivity contribution in [2.45, 2.75) is 63.8 Å². The molecule has 3 atom stereocenters. The Labute approximate surface area is 191 Å². The molecular weight excluding hydrogens is 400 g/mol. The number of benzene rings is 1. The number of piperidine rings is 1. The van der Waals surface area contributed by atoms with Gasteiger partial charge in [-0.1, -0.05) is 56.0 Å². The van der Waals surface area contributed by atoms with E-state index >= 15 is 0 Å². The summed E-state index contributed by atoms with van der Waals surface area (Å²) in [5, 5.41) is 8.74. The number of nitrogens with one attached hydrogen (secondary N) is 1. The minimum Gasteiger partial charge on any atom is -0.358 e. The second-order valence-corrected chi connectivity index (χ2v) is 10.2. The number of hydrogen-bond donors (Lipinski definition) is 1. The maximum absolute atomic E-state index is 13.6. The van der Waals surface area contributed by atoms with Crippen molar-refractivity contribution in [3.8, 4) is 0 Å². The first kappa shape index (κ1) is 21.6. The number of hydrazone groups is 1. The largest absolute Gasteiger partial charge is 0.358 e. The number of likely N-dealkylation sites (tertiary alicyclic amines) is 1. The van der Waals surface area contributed by atoms with E-state index in [0.717, 1.165) is 49.0 Å². The van der Waals surface area contributed by atoms with Crippen molar-refractivity contribution in [2.24, 2.45) is 22.4 Å². The average molecular weight is 437 g/mol. The summed E-state index contributed by atoms with van der Waals surface area (Å²) in [7, 11) is 1.60. The topological polar surface area (TPSA) is 65.0 Å². The van der Waals surface area contributed by atoms with Gasteiger partial charge in [0.2, 0.25) is 5.91 Å². The first-order valence-electron chi connectivity index (χ1n) is 12.5. The summed E-state index contributed by atoms with van der Waals surface area (Å²) >= 11 is 0. The van der Waals surface area contributed by atoms with Crippen molar-refractivity contribution in [1.82, 2.24) is 15.2 Å². The number of amides is 2. The highest BCUT2D eigenvalue weighted by molar-refractivity contribution is 6.20. The average Bonchev–Trinajstić information content (AvgIpc) is 3.10. The van der Waals surface area contributed by atoms with Gasteiger partial charge < -0.3 is 10.2 Å². The van der Waals surface area contributed by atoms with Gasteiger partial charge in [-0.25, -0.2) is 5.01 Å². The molecule has 3 fully saturated rings. The minimum atomic E-state index is -0.603. The van der Waals surface area contributed by atoms with Crippen LogP contribution in [0.4, 0.5) is 0 Å². The molecule has 3 unspecified atom stereocenters. The van der Waals surface area contributed by atoms with E-state index in [-0.39, 0.29) is 18.4 Å². The zero-order chi connectivity index (χ0) is 22.1. The Bertz CT molecular complexity index is 875. The lowest BCUT2D eigenvalue weighted by atomic mass is 9.68. The fourth-order valence-corrected chi connectivity index (χ4v) is 6.76. The van der Waals surface area contributed by atoms with Gasteiger partial charge in [0.1, 0.15) is 6.54 Å². The predicted octanol–water partition coefficient (Wildman–Crippen LogP) is 3.42. The number of hydrogen-bond acceptors (Lipinski definition) is 4. The van der Waals surface area contributed by atoms with Crippen molar-refractivity contribution < 1.29 is 9.59 Å². The SMILES string of the molecule is CNC(=O)CN1N=C(c2ccccc2)C2(CCN(C3CCC4CCCCC4C3)CC2)C1=O. The Morgan fingerprint density at radius 1 is 1.06 bits per heavy atom. The third-order valence-electron chi connectivity index (χ3n) is 8.62. The van der Waals surface area contributed by atoms with Crippen molar-refractivity contribution >= 4 is 17.5 Å². The maximum atomic E-state index is 13.6. The molecule has 5 rings (SSSR count). The smallest absolute Gasteiger partial charge is 0.255 e. The molecule has 1 aromatic carbocycles. The molecule has 4 aliphatic rings. The highest BCUT2D eigenvalue weighted by Gasteiger charge is 2.53. The van der Waals surface area contributed by atoms with E-state index in [9.17, 15) is 9.59 Å². The predicted molar refractivity (Wildman–Crippen MR) is 125 cm³/mol. The monoisotopic (exact) mass is 436 g/mol. The number of likely N-dealkylation sites (N-methyl/N-ethyl adjacent to an activating group) is 1. The van der Waals surface area contributed by atoms with Crippen molar-refractivity contribution in [1.29, 1.82) is 0 Å². The van der Waals surface area contributed by atoms with E-state index in [1.807, 2.05) is 30.3 Å². The van der Waals surface area contributed by atoms with Crippen LogP contribution < -0.4 is 5.32 Å². The Balaban J connectivity index is 1.33. The Hall–Kier alpha value is -2.21. The first-order chi connectivity index (χ1) is 15.6. The van der Waals surface area contributed by atoms with E-state index in [2.05, 4.69) is 10.2 Å². The standard InChI is InChI=1S/C26H36N4O2/c1-27-23(31)18-30-25(32)26(24(28-30)20-8-3-2-4-9-20)13-15-29(16-14-26)22-12-11-19-7-5-6-10-21(19)17-22/h2-4,8-9,19,21-22H,5-7,10-18H2,1H3,(H,27,31). The number of nitrogens with zero attached hydrogens (tertiary/aromatic N) is 3. The Morgan fingerprint density at radius 3 is 2.50 bits per heavy atom. The Kier molecular flexibility index (Phi) is 6.06. The van der Waals surface area contributed by atoms with E-state index in [1.54, 1.807) is 7.05 Å². The van der Waals surface area contributed by atoms with Crippen LogP contribution in [0.5, 0.6) is 0 Å². The molecule has 32 heavy (non-hydrogen) atoms. The van der Waals surface area contributed by atoms with Crippen LogP contribution in [0.25, 0.3) is 0 Å². The number of rotatable bonds is 4. The number of carbonyl (C=O) groups excluding carboxylic acids is 2. The van der Waals surface area contributed by atoms with Gasteiger partial charge in [-0.05, 0) is 62.6 Å². The van der Waals surface area contributed by atoms with E-state index in [0.29, 0.717) is 6.04 Å². The van der Waals surface area contributed by atoms with Crippen LogP contribution in [0.15, 0.2) is 35.4 Å². The van der Waals surface area contributed by atoms with E-state index in [4.69, 9.17) is 5.10 Å². The molecule has 0 radical (unpaired) electrons. The molecule has 1 spiro atoms. The molecule has 2 amide bonds. The summed E-state index contributed by atoms with van der Waals surface area (Å²) in [6.45, 7) is 1.86. The Morgan fingerprint density at radius 2 is 1.78 bits per heavy atom. The van der Waals surface area contributed by atoms with Crippen LogP contribution in [0.1, 0.15) is 63.4 Å². The summed E-state index contributed by atoms with van der Waals surface area (Å²) in [5.41, 5.74) is 1.24. The molecular formula is C26H36N4O2. The van der Waals surface area contributed by atoms with E-state index < -0.39 is 5.41 Å². The lowest BCUT2D eigenvalue weighted by Gasteiger charge is -2.47. The van der Waals surface area contributed by atoms with Gasteiger partial charge in [0.25, 0.3) is 5.91 Å². The summed E-state index contributed by atoms with van der Waals surface area (Å²) in [5.74, 6) is 1.68. The molecule has 0 aromatic heterocycles. The van der Waals surface area contributed by atoms with Crippen molar-refractivity contribution in [3.05, 3.63) is 35.9 Å². The second-order valence-electron chi connectivity index (χ2n) is 10.2. The lowest BCUT2D eigenvalue weighted by Crippen LogP contribution is -2.53. The van der Waals surface area contributed by atoms with Crippen LogP contribution in [0.3, 0.4) is 0 Å². The molecule has 1 N–H and O–H groups in total. The lowest BCUT2D eigenvalue weighted by molar-refractivity contribution is -0.141. The van der Waals surface area contributed by atoms with Crippen LogP contribution in [-0.4, -0.2) is 60.2 Å². The van der Waals surface area contributed by atoms with Crippen LogP contribution in [0, 0.1) is 17.3 Å². The molecule has 6 heteroatoms. The third-order valence-corrected chi connectivity index (χ3v) is 8.62. The van der Waals surface area contributed by atoms with Crippen molar-refractivity contribution in [3.63, 3.8) is 0 Å². The normalized spacial score (nSPS) is 30.2. The summed E-state index contributed by atoms with van der Waals surface area (Å²) < 4.78 is 0.